The van der Waals surface area contributed by atoms with Crippen LogP contribution in [0, 0.1) is 16.4 Å². The van der Waals surface area contributed by atoms with Crippen LogP contribution in [0.25, 0.3) is 11.0 Å². The minimum atomic E-state index is -0.610. The number of H-pyrrole nitrogens is 1. The molecule has 0 fully saturated rings. The Morgan fingerprint density at radius 2 is 2.18 bits per heavy atom. The summed E-state index contributed by atoms with van der Waals surface area (Å²) in [5, 5.41) is 0.326. The molecule has 1 heterocycles. The number of aromatic nitrogens is 2. The second kappa shape index (κ2) is 4.78. The van der Waals surface area contributed by atoms with Gasteiger partial charge in [0.25, 0.3) is 0 Å². The second-order valence-corrected chi connectivity index (χ2v) is 5.53. The van der Waals surface area contributed by atoms with E-state index in [2.05, 4.69) is 4.98 Å². The second-order valence-electron chi connectivity index (χ2n) is 3.87. The van der Waals surface area contributed by atoms with Crippen LogP contribution in [-0.4, -0.2) is 21.1 Å². The zero-order valence-corrected chi connectivity index (χ0v) is 11.1. The van der Waals surface area contributed by atoms with E-state index in [1.807, 2.05) is 13.2 Å². The summed E-state index contributed by atoms with van der Waals surface area (Å²) in [6, 6.07) is 2.16. The van der Waals surface area contributed by atoms with Gasteiger partial charge in [-0.05, 0) is 24.5 Å². The third-order valence-electron chi connectivity index (χ3n) is 2.64. The highest BCUT2D eigenvalue weighted by atomic mass is 32.2. The van der Waals surface area contributed by atoms with Crippen molar-refractivity contribution in [3.63, 3.8) is 0 Å². The molecule has 2 aromatic rings. The van der Waals surface area contributed by atoms with Crippen molar-refractivity contribution in [3.05, 3.63) is 28.5 Å². The van der Waals surface area contributed by atoms with Crippen LogP contribution in [0.2, 0.25) is 0 Å². The van der Waals surface area contributed by atoms with Gasteiger partial charge in [-0.3, -0.25) is 0 Å². The summed E-state index contributed by atoms with van der Waals surface area (Å²) in [6.07, 6.45) is 1.99. The molecular formula is C11H12F2N2S2. The number of nitrogens with one attached hydrogen (secondary N) is 1. The third-order valence-corrected chi connectivity index (χ3v) is 3.92. The maximum atomic E-state index is 13.5. The summed E-state index contributed by atoms with van der Waals surface area (Å²) >= 11 is 6.81. The number of benzene rings is 1. The molecule has 0 aliphatic carbocycles. The van der Waals surface area contributed by atoms with E-state index in [4.69, 9.17) is 12.2 Å². The van der Waals surface area contributed by atoms with E-state index in [0.29, 0.717) is 22.1 Å². The molecule has 1 aromatic carbocycles. The van der Waals surface area contributed by atoms with Crippen LogP contribution in [0.15, 0.2) is 12.1 Å². The van der Waals surface area contributed by atoms with Gasteiger partial charge in [0, 0.05) is 17.9 Å². The summed E-state index contributed by atoms with van der Waals surface area (Å²) in [5.41, 5.74) is 0.748. The third kappa shape index (κ3) is 2.37. The Morgan fingerprint density at radius 3 is 2.82 bits per heavy atom. The molecule has 1 atom stereocenters. The van der Waals surface area contributed by atoms with Crippen molar-refractivity contribution < 1.29 is 8.78 Å². The van der Waals surface area contributed by atoms with Crippen LogP contribution >= 0.6 is 24.0 Å². The Labute approximate surface area is 107 Å². The number of imidazole rings is 1. The maximum Gasteiger partial charge on any atom is 0.178 e. The maximum absolute atomic E-state index is 13.5. The topological polar surface area (TPSA) is 20.7 Å². The van der Waals surface area contributed by atoms with E-state index in [1.54, 1.807) is 16.3 Å². The van der Waals surface area contributed by atoms with Crippen molar-refractivity contribution in [2.75, 3.05) is 6.26 Å². The van der Waals surface area contributed by atoms with E-state index >= 15 is 0 Å². The van der Waals surface area contributed by atoms with Crippen LogP contribution < -0.4 is 0 Å². The predicted molar refractivity (Wildman–Crippen MR) is 70.0 cm³/mol. The molecule has 2 rings (SSSR count). The molecule has 17 heavy (non-hydrogen) atoms. The van der Waals surface area contributed by atoms with E-state index in [9.17, 15) is 8.78 Å². The highest BCUT2D eigenvalue weighted by Crippen LogP contribution is 2.21. The smallest absolute Gasteiger partial charge is 0.178 e. The van der Waals surface area contributed by atoms with Gasteiger partial charge in [0.15, 0.2) is 10.6 Å². The van der Waals surface area contributed by atoms with Gasteiger partial charge in [0.05, 0.1) is 5.52 Å². The molecule has 0 saturated heterocycles. The molecule has 0 radical (unpaired) electrons. The first-order valence-electron chi connectivity index (χ1n) is 5.13. The Hall–Kier alpha value is -0.880. The van der Waals surface area contributed by atoms with E-state index < -0.39 is 11.6 Å². The van der Waals surface area contributed by atoms with Gasteiger partial charge >= 0.3 is 0 Å². The number of rotatable bonds is 3. The number of hydrogen-bond acceptors (Lipinski definition) is 2. The van der Waals surface area contributed by atoms with Crippen molar-refractivity contribution in [2.24, 2.45) is 0 Å². The Kier molecular flexibility index (Phi) is 3.53. The average molecular weight is 274 g/mol. The van der Waals surface area contributed by atoms with E-state index in [1.165, 1.54) is 6.07 Å². The highest BCUT2D eigenvalue weighted by molar-refractivity contribution is 7.99. The standard InChI is InChI=1S/C11H12F2N2S2/c1-6(17-2)5-15-9-4-7(12)3-8(13)10(9)14-11(15)16/h3-4,6H,5H2,1-2H3,(H,14,16). The van der Waals surface area contributed by atoms with Crippen molar-refractivity contribution in [2.45, 2.75) is 18.7 Å². The summed E-state index contributed by atoms with van der Waals surface area (Å²) in [5.74, 6) is -1.20. The normalized spacial score (nSPS) is 13.2. The minimum absolute atomic E-state index is 0.268. The van der Waals surface area contributed by atoms with Crippen LogP contribution in [0.4, 0.5) is 8.78 Å². The molecular weight excluding hydrogens is 262 g/mol. The van der Waals surface area contributed by atoms with Crippen LogP contribution in [0.5, 0.6) is 0 Å². The molecule has 1 N–H and O–H groups in total. The van der Waals surface area contributed by atoms with Crippen molar-refractivity contribution in [1.82, 2.24) is 9.55 Å². The number of halogens is 2. The van der Waals surface area contributed by atoms with Gasteiger partial charge in [-0.2, -0.15) is 11.8 Å². The first-order chi connectivity index (χ1) is 8.02. The van der Waals surface area contributed by atoms with Crippen LogP contribution in [0.3, 0.4) is 0 Å². The number of hydrogen-bond donors (Lipinski definition) is 1. The molecule has 1 unspecified atom stereocenters. The molecule has 2 nitrogen and oxygen atoms in total. The number of fused-ring (bicyclic) bond motifs is 1. The van der Waals surface area contributed by atoms with Crippen molar-refractivity contribution in [3.8, 4) is 0 Å². The zero-order chi connectivity index (χ0) is 12.6. The molecule has 0 spiro atoms. The monoisotopic (exact) mass is 274 g/mol. The average Bonchev–Trinajstić information content (AvgIpc) is 2.57. The zero-order valence-electron chi connectivity index (χ0n) is 9.46. The molecule has 0 saturated carbocycles. The lowest BCUT2D eigenvalue weighted by molar-refractivity contribution is 0.589. The molecule has 1 aromatic heterocycles. The molecule has 92 valence electrons. The van der Waals surface area contributed by atoms with Gasteiger partial charge in [-0.15, -0.1) is 0 Å². The van der Waals surface area contributed by atoms with Gasteiger partial charge in [-0.25, -0.2) is 8.78 Å². The SMILES string of the molecule is CSC(C)Cn1c(=S)[nH]c2c(F)cc(F)cc21. The van der Waals surface area contributed by atoms with Gasteiger partial charge in [0.1, 0.15) is 11.3 Å². The molecule has 0 aliphatic heterocycles. The summed E-state index contributed by atoms with van der Waals surface area (Å²) in [4.78, 5) is 2.78. The number of thioether (sulfide) groups is 1. The largest absolute Gasteiger partial charge is 0.328 e. The Morgan fingerprint density at radius 1 is 1.47 bits per heavy atom. The summed E-state index contributed by atoms with van der Waals surface area (Å²) in [7, 11) is 0. The first-order valence-corrected chi connectivity index (χ1v) is 6.83. The minimum Gasteiger partial charge on any atom is -0.328 e. The van der Waals surface area contributed by atoms with E-state index in [-0.39, 0.29) is 5.52 Å². The lowest BCUT2D eigenvalue weighted by atomic mass is 10.3. The van der Waals surface area contributed by atoms with E-state index in [0.717, 1.165) is 6.07 Å². The lowest BCUT2D eigenvalue weighted by Crippen LogP contribution is -2.08. The number of nitrogens with zero attached hydrogens (tertiary/aromatic N) is 1. The Bertz CT molecular complexity index is 603. The molecule has 0 bridgehead atoms. The van der Waals surface area contributed by atoms with Crippen LogP contribution in [-0.2, 0) is 6.54 Å². The van der Waals surface area contributed by atoms with Crippen molar-refractivity contribution in [1.29, 1.82) is 0 Å². The fourth-order valence-corrected chi connectivity index (χ4v) is 2.27. The first kappa shape index (κ1) is 12.6. The fraction of sp³-hybridized carbons (Fsp3) is 0.364. The molecule has 6 heteroatoms. The molecule has 0 amide bonds. The number of aromatic amines is 1. The fourth-order valence-electron chi connectivity index (χ4n) is 1.69. The molecule has 0 aliphatic rings. The van der Waals surface area contributed by atoms with Crippen molar-refractivity contribution >= 4 is 35.0 Å². The van der Waals surface area contributed by atoms with Gasteiger partial charge in [-0.1, -0.05) is 6.92 Å². The lowest BCUT2D eigenvalue weighted by Gasteiger charge is -2.10. The van der Waals surface area contributed by atoms with Gasteiger partial charge in [0.2, 0.25) is 0 Å². The van der Waals surface area contributed by atoms with Crippen LogP contribution in [0.1, 0.15) is 6.92 Å². The summed E-state index contributed by atoms with van der Waals surface area (Å²) in [6.45, 7) is 2.67. The predicted octanol–water partition coefficient (Wildman–Crippen LogP) is 3.73. The quantitative estimate of drug-likeness (QED) is 0.861. The Balaban J connectivity index is 2.62. The van der Waals surface area contributed by atoms with Gasteiger partial charge < -0.3 is 9.55 Å². The summed E-state index contributed by atoms with van der Waals surface area (Å²) < 4.78 is 28.9. The highest BCUT2D eigenvalue weighted by Gasteiger charge is 2.12.